The summed E-state index contributed by atoms with van der Waals surface area (Å²) in [6.07, 6.45) is 3.83. The van der Waals surface area contributed by atoms with E-state index in [0.29, 0.717) is 82.4 Å². The van der Waals surface area contributed by atoms with Gasteiger partial charge in [0.05, 0.1) is 27.4 Å². The van der Waals surface area contributed by atoms with Gasteiger partial charge in [-0.1, -0.05) is 41.9 Å². The van der Waals surface area contributed by atoms with Crippen LogP contribution < -0.4 is 25.5 Å². The Morgan fingerprint density at radius 3 is 2.16 bits per heavy atom. The van der Waals surface area contributed by atoms with Crippen LogP contribution in [0.2, 0.25) is 5.02 Å². The van der Waals surface area contributed by atoms with Crippen molar-refractivity contribution in [3.63, 3.8) is 0 Å². The van der Waals surface area contributed by atoms with Crippen LogP contribution in [0.1, 0.15) is 51.8 Å². The number of sulfone groups is 1. The second-order valence-electron chi connectivity index (χ2n) is 19.4. The van der Waals surface area contributed by atoms with Gasteiger partial charge in [0, 0.05) is 108 Å². The number of thioether (sulfide) groups is 1. The Balaban J connectivity index is 0.966. The summed E-state index contributed by atoms with van der Waals surface area (Å²) in [7, 11) is -7.63. The Labute approximate surface area is 443 Å². The molecule has 74 heavy (non-hydrogen) atoms. The van der Waals surface area contributed by atoms with Crippen molar-refractivity contribution in [3.8, 4) is 22.4 Å². The molecule has 1 aromatic heterocycles. The number of anilines is 4. The Kier molecular flexibility index (Phi) is 17.9. The fourth-order valence-electron chi connectivity index (χ4n) is 10.2. The molecule has 3 N–H and O–H groups in total. The van der Waals surface area contributed by atoms with Crippen LogP contribution in [0.25, 0.3) is 22.4 Å². The lowest BCUT2D eigenvalue weighted by Gasteiger charge is -2.37. The summed E-state index contributed by atoms with van der Waals surface area (Å²) in [5, 5.41) is 29.6. The van der Waals surface area contributed by atoms with Crippen LogP contribution in [-0.4, -0.2) is 105 Å². The first kappa shape index (κ1) is 54.9. The molecule has 19 heteroatoms. The molecule has 6 aromatic rings. The minimum Gasteiger partial charge on any atom is -0.396 e. The van der Waals surface area contributed by atoms with E-state index in [0.717, 1.165) is 55.0 Å². The number of hydrogen-bond acceptors (Lipinski definition) is 12. The molecule has 2 atom stereocenters. The normalized spacial score (nSPS) is 16.1. The molecule has 2 saturated heterocycles. The van der Waals surface area contributed by atoms with Crippen LogP contribution in [0.4, 0.5) is 32.8 Å². The maximum absolute atomic E-state index is 15.8. The molecule has 0 spiro atoms. The fourth-order valence-corrected chi connectivity index (χ4v) is 14.3. The van der Waals surface area contributed by atoms with Crippen LogP contribution in [0.3, 0.4) is 0 Å². The Morgan fingerprint density at radius 2 is 1.55 bits per heavy atom. The van der Waals surface area contributed by atoms with E-state index in [-0.39, 0.29) is 41.2 Å². The molecule has 0 radical (unpaired) electrons. The van der Waals surface area contributed by atoms with Gasteiger partial charge in [-0.05, 0) is 156 Å². The molecule has 2 fully saturated rings. The number of nitrogens with one attached hydrogen (secondary N) is 2. The number of likely N-dealkylation sites (tertiary alicyclic amines) is 1. The Hall–Kier alpha value is -5.39. The van der Waals surface area contributed by atoms with Gasteiger partial charge < -0.3 is 39.3 Å². The highest BCUT2D eigenvalue weighted by Gasteiger charge is 2.33. The van der Waals surface area contributed by atoms with E-state index in [2.05, 4.69) is 25.1 Å². The van der Waals surface area contributed by atoms with Crippen LogP contribution in [0.15, 0.2) is 125 Å². The first-order valence-electron chi connectivity index (χ1n) is 25.2. The number of nitro benzene ring substituents is 1. The number of halogens is 2. The number of piperidine rings is 1. The van der Waals surface area contributed by atoms with Gasteiger partial charge in [-0.25, -0.2) is 12.8 Å². The van der Waals surface area contributed by atoms with Gasteiger partial charge >= 0.3 is 7.52 Å². The van der Waals surface area contributed by atoms with Crippen LogP contribution in [0, 0.1) is 28.8 Å². The van der Waals surface area contributed by atoms with Crippen molar-refractivity contribution in [2.24, 2.45) is 5.92 Å². The molecule has 14 nitrogen and oxygen atoms in total. The third kappa shape index (κ3) is 13.0. The number of aromatic nitrogens is 1. The predicted octanol–water partition coefficient (Wildman–Crippen LogP) is 11.8. The van der Waals surface area contributed by atoms with E-state index in [9.17, 15) is 28.2 Å². The quantitative estimate of drug-likeness (QED) is 0.0270. The molecule has 1 unspecified atom stereocenters. The van der Waals surface area contributed by atoms with E-state index < -0.39 is 28.1 Å². The molecule has 3 heterocycles. The van der Waals surface area contributed by atoms with Crippen molar-refractivity contribution in [1.29, 1.82) is 0 Å². The highest BCUT2D eigenvalue weighted by Crippen LogP contribution is 2.48. The maximum atomic E-state index is 15.8. The summed E-state index contributed by atoms with van der Waals surface area (Å²) in [5.74, 6) is 0.522. The molecule has 0 aliphatic carbocycles. The van der Waals surface area contributed by atoms with Gasteiger partial charge in [0.25, 0.3) is 5.69 Å². The average molecular weight is 1090 g/mol. The van der Waals surface area contributed by atoms with Gasteiger partial charge in [0.2, 0.25) is 0 Å². The standard InChI is InChI=1S/C55H66ClFN7O7PS2/c1-6-71-72(68,49-20-21-51(52(35-49)64(66)67)58-46(37-73-50-10-8-7-9-11-50)24-27-60-25-22-40(36-65)23-26-60)59-45-16-18-47(19-17-45)61-28-30-62(31-29-61)48-33-42(32-44(57)34-48)53-54(41-12-14-43(56)15-13-41)63(38(2)3)39(4)55(53)74(5,69)70/h7-21,32-35,38,40,46,58,65H,6,22-31,36-37H2,1-5H3,(H,59,68)/t46-,72?/m1/s1. The summed E-state index contributed by atoms with van der Waals surface area (Å²) in [6, 6.07) is 33.9. The first-order valence-corrected chi connectivity index (χ1v) is 30.0. The van der Waals surface area contributed by atoms with Crippen molar-refractivity contribution in [1.82, 2.24) is 9.47 Å². The number of rotatable bonds is 21. The van der Waals surface area contributed by atoms with E-state index in [4.69, 9.17) is 16.1 Å². The third-order valence-corrected chi connectivity index (χ3v) is 18.7. The summed E-state index contributed by atoms with van der Waals surface area (Å²) in [4.78, 5) is 20.2. The minimum absolute atomic E-state index is 0.0916. The van der Waals surface area contributed by atoms with Crippen molar-refractivity contribution in [2.45, 2.75) is 68.8 Å². The Bertz CT molecular complexity index is 3060. The lowest BCUT2D eigenvalue weighted by atomic mass is 9.97. The summed E-state index contributed by atoms with van der Waals surface area (Å²) < 4.78 is 65.5. The van der Waals surface area contributed by atoms with E-state index in [1.165, 1.54) is 24.5 Å². The zero-order chi connectivity index (χ0) is 52.7. The lowest BCUT2D eigenvalue weighted by Crippen LogP contribution is -2.46. The van der Waals surface area contributed by atoms with Crippen molar-refractivity contribution in [2.75, 3.05) is 91.2 Å². The van der Waals surface area contributed by atoms with E-state index in [1.807, 2.05) is 79.1 Å². The fraction of sp³-hybridized carbons (Fsp3) is 0.382. The van der Waals surface area contributed by atoms with Gasteiger partial charge in [-0.2, -0.15) is 0 Å². The molecular weight excluding hydrogens is 1020 g/mol. The monoisotopic (exact) mass is 1090 g/mol. The number of aliphatic hydroxyl groups is 1. The summed E-state index contributed by atoms with van der Waals surface area (Å²) in [6.45, 7) is 12.7. The second-order valence-corrected chi connectivity index (χ2v) is 24.9. The van der Waals surface area contributed by atoms with Gasteiger partial charge in [0.1, 0.15) is 11.5 Å². The maximum Gasteiger partial charge on any atom is 0.324 e. The molecule has 394 valence electrons. The molecule has 0 saturated carbocycles. The number of aliphatic hydroxyl groups excluding tert-OH is 1. The van der Waals surface area contributed by atoms with E-state index >= 15 is 4.39 Å². The molecule has 0 amide bonds. The number of benzene rings is 5. The zero-order valence-corrected chi connectivity index (χ0v) is 45.8. The minimum atomic E-state index is -3.87. The second kappa shape index (κ2) is 24.1. The highest BCUT2D eigenvalue weighted by atomic mass is 35.5. The van der Waals surface area contributed by atoms with Crippen LogP contribution in [-0.2, 0) is 18.9 Å². The summed E-state index contributed by atoms with van der Waals surface area (Å²) >= 11 is 7.96. The molecule has 8 rings (SSSR count). The number of hydrogen-bond donors (Lipinski definition) is 3. The smallest absolute Gasteiger partial charge is 0.324 e. The largest absolute Gasteiger partial charge is 0.396 e. The molecule has 2 aliphatic rings. The van der Waals surface area contributed by atoms with Gasteiger partial charge in [-0.15, -0.1) is 11.8 Å². The van der Waals surface area contributed by atoms with Crippen LogP contribution in [0.5, 0.6) is 0 Å². The van der Waals surface area contributed by atoms with Crippen LogP contribution >= 0.6 is 30.9 Å². The van der Waals surface area contributed by atoms with Gasteiger partial charge in [-0.3, -0.25) is 14.7 Å². The average Bonchev–Trinajstić information content (AvgIpc) is 3.71. The molecular formula is C55H66ClFN7O7PS2. The number of piperazine rings is 1. The SMILES string of the molecule is CCOP(=O)(Nc1ccc(N2CCN(c3cc(F)cc(-c4c(S(C)(=O)=O)c(C)n(C(C)C)c4-c4ccc(Cl)cc4)c3)CC2)cc1)c1ccc(N[C@H](CCN2CCC(CO)CC2)CSc2ccccc2)c([N+](=O)[O-])c1. The molecule has 2 aliphatic heterocycles. The predicted molar refractivity (Wildman–Crippen MR) is 300 cm³/mol. The highest BCUT2D eigenvalue weighted by molar-refractivity contribution is 7.99. The topological polar surface area (TPSA) is 163 Å². The van der Waals surface area contributed by atoms with Gasteiger partial charge in [0.15, 0.2) is 9.84 Å². The lowest BCUT2D eigenvalue weighted by molar-refractivity contribution is -0.383. The summed E-state index contributed by atoms with van der Waals surface area (Å²) in [5.41, 5.74) is 5.13. The zero-order valence-electron chi connectivity index (χ0n) is 42.5. The number of nitrogens with zero attached hydrogens (tertiary/aromatic N) is 5. The van der Waals surface area contributed by atoms with Crippen molar-refractivity contribution < 1.29 is 31.9 Å². The molecule has 0 bridgehead atoms. The Morgan fingerprint density at radius 1 is 0.892 bits per heavy atom. The van der Waals surface area contributed by atoms with Crippen molar-refractivity contribution in [3.05, 3.63) is 142 Å². The number of nitro groups is 1. The molecule has 5 aromatic carbocycles. The first-order chi connectivity index (χ1) is 35.4. The van der Waals surface area contributed by atoms with E-state index in [1.54, 1.807) is 62.0 Å². The van der Waals surface area contributed by atoms with Crippen molar-refractivity contribution >= 4 is 74.5 Å². The third-order valence-electron chi connectivity index (χ3n) is 13.9.